The maximum atomic E-state index is 11.6. The van der Waals surface area contributed by atoms with Gasteiger partial charge in [0.15, 0.2) is 0 Å². The molecule has 116 valence electrons. The van der Waals surface area contributed by atoms with E-state index in [0.717, 1.165) is 43.3 Å². The third-order valence-electron chi connectivity index (χ3n) is 4.22. The molecule has 0 bridgehead atoms. The van der Waals surface area contributed by atoms with Gasteiger partial charge in [0, 0.05) is 6.54 Å². The molecule has 0 radical (unpaired) electrons. The summed E-state index contributed by atoms with van der Waals surface area (Å²) < 4.78 is 5.18. The number of ether oxygens (including phenoxy) is 1. The monoisotopic (exact) mass is 290 g/mol. The minimum absolute atomic E-state index is 0.325. The van der Waals surface area contributed by atoms with Gasteiger partial charge in [-0.25, -0.2) is 4.79 Å². The highest BCUT2D eigenvalue weighted by Crippen LogP contribution is 2.22. The molecule has 4 nitrogen and oxygen atoms in total. The molecular formula is C17H26N2O2. The van der Waals surface area contributed by atoms with E-state index in [9.17, 15) is 4.79 Å². The Hall–Kier alpha value is -1.55. The predicted octanol–water partition coefficient (Wildman–Crippen LogP) is 2.94. The number of hydrogen-bond donors (Lipinski definition) is 2. The molecule has 1 heterocycles. The first kappa shape index (κ1) is 15.8. The van der Waals surface area contributed by atoms with Crippen molar-refractivity contribution in [3.05, 3.63) is 35.9 Å². The Morgan fingerprint density at radius 1 is 1.38 bits per heavy atom. The maximum Gasteiger partial charge on any atom is 0.407 e. The molecule has 21 heavy (non-hydrogen) atoms. The summed E-state index contributed by atoms with van der Waals surface area (Å²) in [6.07, 6.45) is 3.11. The SMILES string of the molecule is CC1CCNCC1CCCNC(=O)OCc1ccccc1. The summed E-state index contributed by atoms with van der Waals surface area (Å²) in [7, 11) is 0. The fourth-order valence-electron chi connectivity index (χ4n) is 2.77. The second-order valence-electron chi connectivity index (χ2n) is 5.86. The van der Waals surface area contributed by atoms with Crippen molar-refractivity contribution in [2.45, 2.75) is 32.8 Å². The van der Waals surface area contributed by atoms with E-state index in [1.165, 1.54) is 6.42 Å². The standard InChI is InChI=1S/C17H26N2O2/c1-14-9-11-18-12-16(14)8-5-10-19-17(20)21-13-15-6-3-2-4-7-15/h2-4,6-7,14,16,18H,5,8-13H2,1H3,(H,19,20). The number of carbonyl (C=O) groups excluding carboxylic acids is 1. The van der Waals surface area contributed by atoms with E-state index >= 15 is 0 Å². The first-order valence-corrected chi connectivity index (χ1v) is 7.91. The number of piperidine rings is 1. The molecule has 0 aromatic heterocycles. The zero-order valence-electron chi connectivity index (χ0n) is 12.8. The van der Waals surface area contributed by atoms with Gasteiger partial charge in [-0.2, -0.15) is 0 Å². The fraction of sp³-hybridized carbons (Fsp3) is 0.588. The molecule has 1 aromatic rings. The van der Waals surface area contributed by atoms with E-state index in [1.54, 1.807) is 0 Å². The van der Waals surface area contributed by atoms with Crippen molar-refractivity contribution in [1.29, 1.82) is 0 Å². The maximum absolute atomic E-state index is 11.6. The molecule has 0 saturated carbocycles. The van der Waals surface area contributed by atoms with Gasteiger partial charge in [0.25, 0.3) is 0 Å². The van der Waals surface area contributed by atoms with Crippen molar-refractivity contribution < 1.29 is 9.53 Å². The van der Waals surface area contributed by atoms with Crippen molar-refractivity contribution in [3.8, 4) is 0 Å². The molecule has 1 amide bonds. The van der Waals surface area contributed by atoms with Crippen molar-refractivity contribution in [1.82, 2.24) is 10.6 Å². The van der Waals surface area contributed by atoms with Crippen LogP contribution in [0.5, 0.6) is 0 Å². The lowest BCUT2D eigenvalue weighted by molar-refractivity contribution is 0.139. The van der Waals surface area contributed by atoms with Gasteiger partial charge in [-0.1, -0.05) is 37.3 Å². The van der Waals surface area contributed by atoms with Crippen LogP contribution in [0.2, 0.25) is 0 Å². The van der Waals surface area contributed by atoms with Gasteiger partial charge in [0.1, 0.15) is 6.61 Å². The van der Waals surface area contributed by atoms with Crippen LogP contribution in [0.3, 0.4) is 0 Å². The minimum Gasteiger partial charge on any atom is -0.445 e. The van der Waals surface area contributed by atoms with Gasteiger partial charge in [0.2, 0.25) is 0 Å². The van der Waals surface area contributed by atoms with E-state index in [-0.39, 0.29) is 6.09 Å². The summed E-state index contributed by atoms with van der Waals surface area (Å²) in [6, 6.07) is 9.73. The summed E-state index contributed by atoms with van der Waals surface area (Å²) in [5.41, 5.74) is 1.01. The largest absolute Gasteiger partial charge is 0.445 e. The van der Waals surface area contributed by atoms with E-state index < -0.39 is 0 Å². The highest BCUT2D eigenvalue weighted by Gasteiger charge is 2.20. The van der Waals surface area contributed by atoms with Crippen molar-refractivity contribution >= 4 is 6.09 Å². The van der Waals surface area contributed by atoms with Crippen molar-refractivity contribution in [2.75, 3.05) is 19.6 Å². The normalized spacial score (nSPS) is 21.8. The molecule has 2 rings (SSSR count). The van der Waals surface area contributed by atoms with Crippen LogP contribution >= 0.6 is 0 Å². The zero-order valence-corrected chi connectivity index (χ0v) is 12.8. The molecule has 2 N–H and O–H groups in total. The Labute approximate surface area is 127 Å². The van der Waals surface area contributed by atoms with Crippen LogP contribution in [0, 0.1) is 11.8 Å². The van der Waals surface area contributed by atoms with Crippen molar-refractivity contribution in [3.63, 3.8) is 0 Å². The minimum atomic E-state index is -0.325. The molecule has 1 saturated heterocycles. The van der Waals surface area contributed by atoms with Crippen LogP contribution in [0.4, 0.5) is 4.79 Å². The van der Waals surface area contributed by atoms with Crippen molar-refractivity contribution in [2.24, 2.45) is 11.8 Å². The fourth-order valence-corrected chi connectivity index (χ4v) is 2.77. The van der Waals surface area contributed by atoms with E-state index in [2.05, 4.69) is 17.6 Å². The molecule has 0 aliphatic carbocycles. The third kappa shape index (κ3) is 5.76. The Morgan fingerprint density at radius 2 is 2.19 bits per heavy atom. The van der Waals surface area contributed by atoms with Gasteiger partial charge >= 0.3 is 6.09 Å². The molecule has 1 aromatic carbocycles. The predicted molar refractivity (Wildman–Crippen MR) is 84.0 cm³/mol. The number of benzene rings is 1. The molecular weight excluding hydrogens is 264 g/mol. The molecule has 1 aliphatic heterocycles. The molecule has 0 spiro atoms. The van der Waals surface area contributed by atoms with Gasteiger partial charge in [0.05, 0.1) is 0 Å². The second kappa shape index (κ2) is 8.67. The Morgan fingerprint density at radius 3 is 2.95 bits per heavy atom. The number of rotatable bonds is 6. The van der Waals surface area contributed by atoms with Gasteiger partial charge in [-0.05, 0) is 49.8 Å². The first-order valence-electron chi connectivity index (χ1n) is 7.91. The topological polar surface area (TPSA) is 50.4 Å². The number of nitrogens with one attached hydrogen (secondary N) is 2. The lowest BCUT2D eigenvalue weighted by Gasteiger charge is -2.29. The quantitative estimate of drug-likeness (QED) is 0.792. The van der Waals surface area contributed by atoms with Crippen LogP contribution < -0.4 is 10.6 Å². The van der Waals surface area contributed by atoms with E-state index in [0.29, 0.717) is 13.2 Å². The molecule has 2 atom stereocenters. The summed E-state index contributed by atoms with van der Waals surface area (Å²) in [5.74, 6) is 1.53. The van der Waals surface area contributed by atoms with Crippen LogP contribution in [-0.2, 0) is 11.3 Å². The Kier molecular flexibility index (Phi) is 6.54. The number of amides is 1. The number of alkyl carbamates (subject to hydrolysis) is 1. The highest BCUT2D eigenvalue weighted by atomic mass is 16.5. The summed E-state index contributed by atoms with van der Waals surface area (Å²) in [6.45, 7) is 5.60. The van der Waals surface area contributed by atoms with Crippen LogP contribution in [-0.4, -0.2) is 25.7 Å². The van der Waals surface area contributed by atoms with E-state index in [4.69, 9.17) is 4.74 Å². The Bertz CT molecular complexity index is 422. The average molecular weight is 290 g/mol. The van der Waals surface area contributed by atoms with Crippen LogP contribution in [0.15, 0.2) is 30.3 Å². The number of carbonyl (C=O) groups is 1. The van der Waals surface area contributed by atoms with Gasteiger partial charge in [-0.15, -0.1) is 0 Å². The average Bonchev–Trinajstić information content (AvgIpc) is 2.52. The van der Waals surface area contributed by atoms with Gasteiger partial charge < -0.3 is 15.4 Å². The zero-order chi connectivity index (χ0) is 14.9. The molecule has 1 aliphatic rings. The highest BCUT2D eigenvalue weighted by molar-refractivity contribution is 5.67. The second-order valence-corrected chi connectivity index (χ2v) is 5.86. The molecule has 2 unspecified atom stereocenters. The summed E-state index contributed by atoms with van der Waals surface area (Å²) in [5, 5.41) is 6.27. The van der Waals surface area contributed by atoms with Gasteiger partial charge in [-0.3, -0.25) is 0 Å². The molecule has 1 fully saturated rings. The Balaban J connectivity index is 1.55. The smallest absolute Gasteiger partial charge is 0.407 e. The third-order valence-corrected chi connectivity index (χ3v) is 4.22. The van der Waals surface area contributed by atoms with E-state index in [1.807, 2.05) is 30.3 Å². The lowest BCUT2D eigenvalue weighted by atomic mass is 9.85. The molecule has 4 heteroatoms. The van der Waals surface area contributed by atoms with Crippen LogP contribution in [0.1, 0.15) is 31.7 Å². The van der Waals surface area contributed by atoms with Crippen LogP contribution in [0.25, 0.3) is 0 Å². The lowest BCUT2D eigenvalue weighted by Crippen LogP contribution is -2.36. The first-order chi connectivity index (χ1) is 10.3. The summed E-state index contributed by atoms with van der Waals surface area (Å²) in [4.78, 5) is 11.6. The number of hydrogen-bond acceptors (Lipinski definition) is 3. The summed E-state index contributed by atoms with van der Waals surface area (Å²) >= 11 is 0.